The molecular weight excluding hydrogens is 160 g/mol. The summed E-state index contributed by atoms with van der Waals surface area (Å²) >= 11 is 0. The van der Waals surface area contributed by atoms with Crippen molar-refractivity contribution in [3.8, 4) is 0 Å². The zero-order valence-electron chi connectivity index (χ0n) is 8.81. The largest absolute Gasteiger partial charge is 0.299 e. The Balaban J connectivity index is 2.29. The molecule has 1 atom stereocenters. The molecule has 0 aromatic heterocycles. The fourth-order valence-electron chi connectivity index (χ4n) is 1.54. The van der Waals surface area contributed by atoms with Gasteiger partial charge in [0.25, 0.3) is 0 Å². The molecule has 74 valence electrons. The Bertz CT molecular complexity index is 197. The van der Waals surface area contributed by atoms with E-state index in [4.69, 9.17) is 0 Å². The molecule has 0 saturated heterocycles. The van der Waals surface area contributed by atoms with Gasteiger partial charge in [-0.1, -0.05) is 37.8 Å². The molecule has 0 heterocycles. The van der Waals surface area contributed by atoms with Gasteiger partial charge in [0, 0.05) is 5.92 Å². The Kier molecular flexibility index (Phi) is 4.20. The van der Waals surface area contributed by atoms with Gasteiger partial charge in [-0.3, -0.25) is 4.79 Å². The second-order valence-electron chi connectivity index (χ2n) is 4.04. The van der Waals surface area contributed by atoms with Crippen LogP contribution in [0, 0.1) is 5.92 Å². The molecule has 1 fully saturated rings. The summed E-state index contributed by atoms with van der Waals surface area (Å²) in [5.41, 5.74) is 1.50. The third-order valence-corrected chi connectivity index (χ3v) is 2.62. The van der Waals surface area contributed by atoms with Crippen LogP contribution >= 0.6 is 0 Å². The summed E-state index contributed by atoms with van der Waals surface area (Å²) < 4.78 is 0. The molecule has 1 nitrogen and oxygen atoms in total. The van der Waals surface area contributed by atoms with Crippen LogP contribution in [-0.2, 0) is 4.79 Å². The maximum absolute atomic E-state index is 11.3. The van der Waals surface area contributed by atoms with Crippen molar-refractivity contribution >= 4 is 5.78 Å². The molecule has 0 aliphatic heterocycles. The zero-order valence-corrected chi connectivity index (χ0v) is 8.81. The molecule has 0 N–H and O–H groups in total. The molecule has 0 amide bonds. The second kappa shape index (κ2) is 5.21. The first kappa shape index (κ1) is 10.5. The Hall–Kier alpha value is -0.590. The van der Waals surface area contributed by atoms with Crippen LogP contribution < -0.4 is 0 Å². The number of hydrogen-bond donors (Lipinski definition) is 0. The Morgan fingerprint density at radius 3 is 2.62 bits per heavy atom. The number of allylic oxidation sites excluding steroid dienone is 2. The third-order valence-electron chi connectivity index (χ3n) is 2.62. The number of carbonyl (C=O) groups is 1. The first-order valence-electron chi connectivity index (χ1n) is 5.44. The van der Waals surface area contributed by atoms with Crippen LogP contribution in [0.25, 0.3) is 0 Å². The molecule has 1 heteroatoms. The minimum Gasteiger partial charge on any atom is -0.299 e. The van der Waals surface area contributed by atoms with Gasteiger partial charge in [-0.15, -0.1) is 0 Å². The van der Waals surface area contributed by atoms with Crippen molar-refractivity contribution in [3.63, 3.8) is 0 Å². The summed E-state index contributed by atoms with van der Waals surface area (Å²) in [6, 6.07) is 0. The van der Waals surface area contributed by atoms with E-state index in [1.54, 1.807) is 6.92 Å². The predicted molar refractivity (Wildman–Crippen MR) is 55.6 cm³/mol. The Morgan fingerprint density at radius 1 is 1.46 bits per heavy atom. The average Bonchev–Trinajstić information content (AvgIpc) is 2.86. The number of rotatable bonds is 6. The van der Waals surface area contributed by atoms with Gasteiger partial charge in [-0.25, -0.2) is 0 Å². The lowest BCUT2D eigenvalue weighted by Gasteiger charge is -2.07. The standard InChI is InChI=1S/C12H20O/c1-3-4-5-6-12(10(2)13)9-11-7-8-11/h9,12H,3-8H2,1-2H3. The highest BCUT2D eigenvalue weighted by Gasteiger charge is 2.17. The molecular formula is C12H20O. The molecule has 0 radical (unpaired) electrons. The first-order chi connectivity index (χ1) is 6.24. The molecule has 0 bridgehead atoms. The fraction of sp³-hybridized carbons (Fsp3) is 0.750. The highest BCUT2D eigenvalue weighted by Crippen LogP contribution is 2.30. The van der Waals surface area contributed by atoms with Crippen molar-refractivity contribution in [2.45, 2.75) is 52.4 Å². The molecule has 0 spiro atoms. The molecule has 1 aliphatic carbocycles. The lowest BCUT2D eigenvalue weighted by atomic mass is 9.97. The maximum atomic E-state index is 11.3. The molecule has 1 aliphatic rings. The lowest BCUT2D eigenvalue weighted by Crippen LogP contribution is -2.07. The Morgan fingerprint density at radius 2 is 2.15 bits per heavy atom. The molecule has 0 aromatic rings. The summed E-state index contributed by atoms with van der Waals surface area (Å²) in [6.07, 6.45) is 9.43. The fourth-order valence-corrected chi connectivity index (χ4v) is 1.54. The summed E-state index contributed by atoms with van der Waals surface area (Å²) in [7, 11) is 0. The predicted octanol–water partition coefficient (Wildman–Crippen LogP) is 3.49. The highest BCUT2D eigenvalue weighted by molar-refractivity contribution is 5.80. The minimum atomic E-state index is 0.226. The second-order valence-corrected chi connectivity index (χ2v) is 4.04. The van der Waals surface area contributed by atoms with Crippen molar-refractivity contribution in [2.24, 2.45) is 5.92 Å². The van der Waals surface area contributed by atoms with Crippen LogP contribution in [0.15, 0.2) is 11.6 Å². The number of carbonyl (C=O) groups excluding carboxylic acids is 1. The molecule has 0 aromatic carbocycles. The van der Waals surface area contributed by atoms with Gasteiger partial charge < -0.3 is 0 Å². The number of hydrogen-bond acceptors (Lipinski definition) is 1. The van der Waals surface area contributed by atoms with Crippen molar-refractivity contribution in [3.05, 3.63) is 11.6 Å². The van der Waals surface area contributed by atoms with Crippen molar-refractivity contribution in [1.29, 1.82) is 0 Å². The molecule has 1 rings (SSSR count). The third kappa shape index (κ3) is 4.25. The van der Waals surface area contributed by atoms with Crippen LogP contribution in [0.1, 0.15) is 52.4 Å². The van der Waals surface area contributed by atoms with E-state index in [0.29, 0.717) is 5.78 Å². The maximum Gasteiger partial charge on any atom is 0.136 e. The number of Topliss-reactive ketones (excluding diaryl/α,β-unsaturated/α-hetero) is 1. The SMILES string of the molecule is CCCCCC(C=C1CC1)C(C)=O. The minimum absolute atomic E-state index is 0.226. The topological polar surface area (TPSA) is 17.1 Å². The van der Waals surface area contributed by atoms with Gasteiger partial charge in [0.1, 0.15) is 5.78 Å². The molecule has 1 saturated carbocycles. The van der Waals surface area contributed by atoms with E-state index in [2.05, 4.69) is 13.0 Å². The smallest absolute Gasteiger partial charge is 0.136 e. The number of ketones is 1. The van der Waals surface area contributed by atoms with Gasteiger partial charge in [0.05, 0.1) is 0 Å². The van der Waals surface area contributed by atoms with Crippen LogP contribution in [0.2, 0.25) is 0 Å². The van der Waals surface area contributed by atoms with Crippen LogP contribution in [0.4, 0.5) is 0 Å². The van der Waals surface area contributed by atoms with Gasteiger partial charge >= 0.3 is 0 Å². The first-order valence-corrected chi connectivity index (χ1v) is 5.44. The monoisotopic (exact) mass is 180 g/mol. The van der Waals surface area contributed by atoms with Gasteiger partial charge in [-0.05, 0) is 26.2 Å². The summed E-state index contributed by atoms with van der Waals surface area (Å²) in [6.45, 7) is 3.91. The molecule has 1 unspecified atom stereocenters. The summed E-state index contributed by atoms with van der Waals surface area (Å²) in [5.74, 6) is 0.569. The van der Waals surface area contributed by atoms with Gasteiger partial charge in [0.2, 0.25) is 0 Å². The highest BCUT2D eigenvalue weighted by atomic mass is 16.1. The average molecular weight is 180 g/mol. The van der Waals surface area contributed by atoms with E-state index in [9.17, 15) is 4.79 Å². The van der Waals surface area contributed by atoms with E-state index in [-0.39, 0.29) is 5.92 Å². The van der Waals surface area contributed by atoms with Gasteiger partial charge in [0.15, 0.2) is 0 Å². The Labute approximate surface area is 81.2 Å². The molecule has 13 heavy (non-hydrogen) atoms. The normalized spacial score (nSPS) is 16.9. The van der Waals surface area contributed by atoms with Crippen LogP contribution in [0.5, 0.6) is 0 Å². The number of unbranched alkanes of at least 4 members (excludes halogenated alkanes) is 2. The van der Waals surface area contributed by atoms with Crippen LogP contribution in [0.3, 0.4) is 0 Å². The van der Waals surface area contributed by atoms with Crippen molar-refractivity contribution in [2.75, 3.05) is 0 Å². The van der Waals surface area contributed by atoms with Crippen LogP contribution in [-0.4, -0.2) is 5.78 Å². The summed E-state index contributed by atoms with van der Waals surface area (Å²) in [5, 5.41) is 0. The lowest BCUT2D eigenvalue weighted by molar-refractivity contribution is -0.119. The van der Waals surface area contributed by atoms with E-state index in [1.807, 2.05) is 0 Å². The van der Waals surface area contributed by atoms with E-state index in [1.165, 1.54) is 37.7 Å². The zero-order chi connectivity index (χ0) is 9.68. The van der Waals surface area contributed by atoms with E-state index < -0.39 is 0 Å². The summed E-state index contributed by atoms with van der Waals surface area (Å²) in [4.78, 5) is 11.3. The quantitative estimate of drug-likeness (QED) is 0.451. The van der Waals surface area contributed by atoms with Gasteiger partial charge in [-0.2, -0.15) is 0 Å². The van der Waals surface area contributed by atoms with E-state index in [0.717, 1.165) is 6.42 Å². The van der Waals surface area contributed by atoms with Crippen molar-refractivity contribution in [1.82, 2.24) is 0 Å². The van der Waals surface area contributed by atoms with Crippen molar-refractivity contribution < 1.29 is 4.79 Å². The van der Waals surface area contributed by atoms with E-state index >= 15 is 0 Å².